The largest absolute Gasteiger partial charge is 0.413 e. The molecule has 1 heterocycles. The fourth-order valence-electron chi connectivity index (χ4n) is 3.21. The summed E-state index contributed by atoms with van der Waals surface area (Å²) in [5.41, 5.74) is 7.35. The Morgan fingerprint density at radius 3 is 2.29 bits per heavy atom. The van der Waals surface area contributed by atoms with Crippen LogP contribution >= 0.6 is 0 Å². The number of hydrogen-bond donors (Lipinski definition) is 2. The molecule has 1 aliphatic rings. The lowest BCUT2D eigenvalue weighted by Crippen LogP contribution is -2.77. The normalized spacial score (nSPS) is 29.6. The van der Waals surface area contributed by atoms with Crippen LogP contribution in [0.2, 0.25) is 11.6 Å². The van der Waals surface area contributed by atoms with Crippen LogP contribution in [0, 0.1) is 5.92 Å². The van der Waals surface area contributed by atoms with E-state index in [1.165, 1.54) is 18.9 Å². The van der Waals surface area contributed by atoms with Crippen LogP contribution in [0.3, 0.4) is 0 Å². The first-order valence-corrected chi connectivity index (χ1v) is 9.28. The second-order valence-electron chi connectivity index (χ2n) is 5.90. The molecule has 102 valence electrons. The summed E-state index contributed by atoms with van der Waals surface area (Å²) in [7, 11) is -1.93. The molecule has 0 aromatic heterocycles. The molecule has 17 heavy (non-hydrogen) atoms. The maximum Gasteiger partial charge on any atom is 0.229 e. The molecule has 0 amide bonds. The molecular weight excluding hydrogens is 228 g/mol. The number of nitrogens with two attached hydrogens (primary N) is 1. The lowest BCUT2D eigenvalue weighted by atomic mass is 10.1. The topological polar surface area (TPSA) is 47.3 Å². The van der Waals surface area contributed by atoms with Gasteiger partial charge < -0.3 is 15.5 Å². The van der Waals surface area contributed by atoms with E-state index in [4.69, 9.17) is 10.2 Å². The molecule has 0 radical (unpaired) electrons. The zero-order chi connectivity index (χ0) is 13.1. The summed E-state index contributed by atoms with van der Waals surface area (Å²) in [5.74, 6) is 0.412. The van der Waals surface area contributed by atoms with Gasteiger partial charge in [0.1, 0.15) is 0 Å². The molecule has 0 spiro atoms. The molecule has 0 aromatic carbocycles. The minimum absolute atomic E-state index is 0.295. The van der Waals surface area contributed by atoms with E-state index in [2.05, 4.69) is 39.9 Å². The smallest absolute Gasteiger partial charge is 0.229 e. The van der Waals surface area contributed by atoms with Gasteiger partial charge in [-0.1, -0.05) is 41.0 Å². The van der Waals surface area contributed by atoms with Crippen LogP contribution in [0.4, 0.5) is 0 Å². The Kier molecular flexibility index (Phi) is 5.19. The third-order valence-electron chi connectivity index (χ3n) is 4.31. The molecule has 1 rings (SSSR count). The van der Waals surface area contributed by atoms with E-state index in [0.29, 0.717) is 11.5 Å². The van der Waals surface area contributed by atoms with Gasteiger partial charge in [-0.25, -0.2) is 0 Å². The van der Waals surface area contributed by atoms with Gasteiger partial charge in [0, 0.05) is 6.61 Å². The molecule has 0 saturated carbocycles. The highest BCUT2D eigenvalue weighted by Gasteiger charge is 2.56. The van der Waals surface area contributed by atoms with Crippen molar-refractivity contribution in [2.75, 3.05) is 13.2 Å². The molecular formula is C13H30N2OSi. The van der Waals surface area contributed by atoms with Gasteiger partial charge in [-0.3, -0.25) is 0 Å². The van der Waals surface area contributed by atoms with E-state index in [1.54, 1.807) is 0 Å². The summed E-state index contributed by atoms with van der Waals surface area (Å²) >= 11 is 0. The van der Waals surface area contributed by atoms with Gasteiger partial charge in [-0.2, -0.15) is 0 Å². The van der Waals surface area contributed by atoms with E-state index in [-0.39, 0.29) is 5.29 Å². The predicted molar refractivity (Wildman–Crippen MR) is 76.3 cm³/mol. The van der Waals surface area contributed by atoms with Crippen molar-refractivity contribution in [2.45, 2.75) is 64.3 Å². The van der Waals surface area contributed by atoms with Crippen LogP contribution < -0.4 is 11.1 Å². The molecule has 2 atom stereocenters. The summed E-state index contributed by atoms with van der Waals surface area (Å²) in [5, 5.41) is 3.27. The van der Waals surface area contributed by atoms with Crippen molar-refractivity contribution < 1.29 is 4.43 Å². The fraction of sp³-hybridized carbons (Fsp3) is 1.00. The van der Waals surface area contributed by atoms with Crippen molar-refractivity contribution in [3.8, 4) is 0 Å². The molecule has 0 aromatic rings. The highest BCUT2D eigenvalue weighted by molar-refractivity contribution is 6.78. The second-order valence-corrected chi connectivity index (χ2v) is 10.5. The Balaban J connectivity index is 3.08. The molecule has 1 fully saturated rings. The first-order chi connectivity index (χ1) is 7.90. The minimum Gasteiger partial charge on any atom is -0.413 e. The van der Waals surface area contributed by atoms with Crippen molar-refractivity contribution in [3.63, 3.8) is 0 Å². The van der Waals surface area contributed by atoms with E-state index < -0.39 is 8.32 Å². The Morgan fingerprint density at radius 1 is 1.29 bits per heavy atom. The van der Waals surface area contributed by atoms with Crippen LogP contribution in [0.25, 0.3) is 0 Å². The number of rotatable bonds is 5. The summed E-state index contributed by atoms with van der Waals surface area (Å²) in [6.07, 6.45) is 2.48. The summed E-state index contributed by atoms with van der Waals surface area (Å²) < 4.78 is 6.36. The van der Waals surface area contributed by atoms with Crippen molar-refractivity contribution in [1.82, 2.24) is 5.32 Å². The molecule has 0 aliphatic carbocycles. The quantitative estimate of drug-likeness (QED) is 0.589. The monoisotopic (exact) mass is 258 g/mol. The van der Waals surface area contributed by atoms with E-state index in [1.807, 2.05) is 0 Å². The minimum atomic E-state index is -1.93. The summed E-state index contributed by atoms with van der Waals surface area (Å²) in [6.45, 7) is 13.0. The van der Waals surface area contributed by atoms with E-state index >= 15 is 0 Å². The average Bonchev–Trinajstić information content (AvgIpc) is 2.29. The van der Waals surface area contributed by atoms with Crippen LogP contribution in [0.5, 0.6) is 0 Å². The van der Waals surface area contributed by atoms with Gasteiger partial charge in [-0.15, -0.1) is 0 Å². The van der Waals surface area contributed by atoms with Crippen LogP contribution in [0.1, 0.15) is 47.5 Å². The summed E-state index contributed by atoms with van der Waals surface area (Å²) in [6, 6.07) is 1.20. The van der Waals surface area contributed by atoms with Gasteiger partial charge in [-0.05, 0) is 30.5 Å². The highest BCUT2D eigenvalue weighted by atomic mass is 28.4. The van der Waals surface area contributed by atoms with E-state index in [0.717, 1.165) is 13.2 Å². The molecule has 4 heteroatoms. The molecule has 3 nitrogen and oxygen atoms in total. The maximum atomic E-state index is 6.79. The Morgan fingerprint density at radius 2 is 1.94 bits per heavy atom. The molecule has 1 saturated heterocycles. The Bertz CT molecular complexity index is 240. The van der Waals surface area contributed by atoms with Crippen molar-refractivity contribution in [3.05, 3.63) is 0 Å². The standard InChI is InChI=1S/C13H30N2OSi/c1-6-15-13(14,11(2)3)17(12(4)5)10-8-7-9-16-17/h11-12,15H,6-10,14H2,1-5H3. The first-order valence-electron chi connectivity index (χ1n) is 7.08. The maximum absolute atomic E-state index is 6.79. The zero-order valence-corrected chi connectivity index (χ0v) is 13.2. The van der Waals surface area contributed by atoms with E-state index in [9.17, 15) is 0 Å². The third kappa shape index (κ3) is 2.60. The lowest BCUT2D eigenvalue weighted by molar-refractivity contribution is 0.198. The van der Waals surface area contributed by atoms with Gasteiger partial charge in [0.15, 0.2) is 0 Å². The van der Waals surface area contributed by atoms with Crippen molar-refractivity contribution in [2.24, 2.45) is 11.7 Å². The Labute approximate surface area is 108 Å². The van der Waals surface area contributed by atoms with Crippen LogP contribution in [-0.2, 0) is 4.43 Å². The lowest BCUT2D eigenvalue weighted by Gasteiger charge is -2.53. The van der Waals surface area contributed by atoms with Crippen molar-refractivity contribution in [1.29, 1.82) is 0 Å². The van der Waals surface area contributed by atoms with Gasteiger partial charge in [0.2, 0.25) is 8.32 Å². The third-order valence-corrected chi connectivity index (χ3v) is 10.2. The van der Waals surface area contributed by atoms with Crippen molar-refractivity contribution >= 4 is 8.32 Å². The molecule has 0 bridgehead atoms. The fourth-order valence-corrected chi connectivity index (χ4v) is 8.61. The van der Waals surface area contributed by atoms with Gasteiger partial charge in [0.05, 0.1) is 5.29 Å². The highest BCUT2D eigenvalue weighted by Crippen LogP contribution is 2.41. The number of nitrogens with one attached hydrogen (secondary N) is 1. The molecule has 1 aliphatic heterocycles. The molecule has 2 unspecified atom stereocenters. The number of hydrogen-bond acceptors (Lipinski definition) is 3. The zero-order valence-electron chi connectivity index (χ0n) is 12.2. The average molecular weight is 258 g/mol. The van der Waals surface area contributed by atoms with Crippen LogP contribution in [0.15, 0.2) is 0 Å². The SMILES string of the molecule is CCNC(N)(C(C)C)[Si]1(C(C)C)CCCCO1. The van der Waals surface area contributed by atoms with Crippen LogP contribution in [-0.4, -0.2) is 26.8 Å². The first kappa shape index (κ1) is 15.2. The Hall–Kier alpha value is 0.0969. The predicted octanol–water partition coefficient (Wildman–Crippen LogP) is 2.61. The van der Waals surface area contributed by atoms with Gasteiger partial charge >= 0.3 is 0 Å². The summed E-state index contributed by atoms with van der Waals surface area (Å²) in [4.78, 5) is 0. The second kappa shape index (κ2) is 5.82. The van der Waals surface area contributed by atoms with Gasteiger partial charge in [0.25, 0.3) is 0 Å². The molecule has 3 N–H and O–H groups in total.